The topological polar surface area (TPSA) is 54.5 Å². The van der Waals surface area contributed by atoms with E-state index in [-0.39, 0.29) is 18.1 Å². The van der Waals surface area contributed by atoms with Gasteiger partial charge in [0.05, 0.1) is 24.3 Å². The van der Waals surface area contributed by atoms with Crippen molar-refractivity contribution < 1.29 is 9.53 Å². The Morgan fingerprint density at radius 3 is 3.24 bits per heavy atom. The van der Waals surface area contributed by atoms with Crippen molar-refractivity contribution in [1.82, 2.24) is 9.88 Å². The number of amides is 1. The van der Waals surface area contributed by atoms with Crippen molar-refractivity contribution in [3.8, 4) is 0 Å². The molecule has 1 N–H and O–H groups in total. The number of hydrogen-bond donors (Lipinski definition) is 1. The molecule has 6 heteroatoms. The molecule has 3 rings (SSSR count). The van der Waals surface area contributed by atoms with Crippen molar-refractivity contribution in [3.63, 3.8) is 0 Å². The molecule has 1 aromatic heterocycles. The monoisotopic (exact) mass is 353 g/mol. The van der Waals surface area contributed by atoms with Gasteiger partial charge in [-0.25, -0.2) is 4.98 Å². The molecule has 2 aliphatic rings. The summed E-state index contributed by atoms with van der Waals surface area (Å²) in [6, 6.07) is 2.08. The van der Waals surface area contributed by atoms with Crippen LogP contribution in [-0.2, 0) is 4.74 Å². The lowest BCUT2D eigenvalue weighted by molar-refractivity contribution is -0.0445. The molecule has 1 aromatic rings. The first-order chi connectivity index (χ1) is 10.2. The number of pyridine rings is 1. The number of morpholine rings is 1. The van der Waals surface area contributed by atoms with Gasteiger partial charge in [0.15, 0.2) is 0 Å². The largest absolute Gasteiger partial charge is 0.374 e. The summed E-state index contributed by atoms with van der Waals surface area (Å²) in [6.45, 7) is 4.03. The lowest BCUT2D eigenvalue weighted by atomic mass is 10.1. The fraction of sp³-hybridized carbons (Fsp3) is 0.600. The van der Waals surface area contributed by atoms with Crippen LogP contribution in [0.1, 0.15) is 36.5 Å². The summed E-state index contributed by atoms with van der Waals surface area (Å²) >= 11 is 3.41. The molecule has 21 heavy (non-hydrogen) atoms. The van der Waals surface area contributed by atoms with Gasteiger partial charge in [0, 0.05) is 23.8 Å². The molecule has 2 atom stereocenters. The van der Waals surface area contributed by atoms with Gasteiger partial charge in [-0.15, -0.1) is 0 Å². The number of hydrogen-bond acceptors (Lipinski definition) is 4. The van der Waals surface area contributed by atoms with Gasteiger partial charge < -0.3 is 15.0 Å². The summed E-state index contributed by atoms with van der Waals surface area (Å²) < 4.78 is 6.61. The average Bonchev–Trinajstić information content (AvgIpc) is 2.97. The summed E-state index contributed by atoms with van der Waals surface area (Å²) in [5.74, 6) is 0.715. The zero-order valence-corrected chi connectivity index (χ0v) is 13.7. The predicted molar refractivity (Wildman–Crippen MR) is 84.5 cm³/mol. The maximum absolute atomic E-state index is 13.0. The van der Waals surface area contributed by atoms with E-state index >= 15 is 0 Å². The molecule has 1 saturated carbocycles. The molecule has 114 valence electrons. The first kappa shape index (κ1) is 14.8. The first-order valence-corrected chi connectivity index (χ1v) is 8.32. The van der Waals surface area contributed by atoms with Crippen LogP contribution in [0, 0.1) is 0 Å². The quantitative estimate of drug-likeness (QED) is 0.907. The number of anilines is 1. The molecule has 1 aliphatic carbocycles. The number of fused-ring (bicyclic) bond motifs is 1. The molecular formula is C15H20BrN3O2. The summed E-state index contributed by atoms with van der Waals surface area (Å²) in [7, 11) is 0. The van der Waals surface area contributed by atoms with Gasteiger partial charge >= 0.3 is 0 Å². The van der Waals surface area contributed by atoms with Crippen LogP contribution in [0.4, 0.5) is 5.82 Å². The molecule has 0 spiro atoms. The van der Waals surface area contributed by atoms with Gasteiger partial charge in [-0.3, -0.25) is 4.79 Å². The molecule has 0 bridgehead atoms. The van der Waals surface area contributed by atoms with E-state index < -0.39 is 0 Å². The Morgan fingerprint density at radius 2 is 2.43 bits per heavy atom. The Balaban J connectivity index is 1.88. The van der Waals surface area contributed by atoms with E-state index in [9.17, 15) is 4.79 Å². The van der Waals surface area contributed by atoms with Gasteiger partial charge in [0.1, 0.15) is 5.82 Å². The molecule has 5 nitrogen and oxygen atoms in total. The normalized spacial score (nSPS) is 24.8. The van der Waals surface area contributed by atoms with E-state index in [0.29, 0.717) is 24.5 Å². The van der Waals surface area contributed by atoms with Gasteiger partial charge in [0.2, 0.25) is 0 Å². The highest BCUT2D eigenvalue weighted by Crippen LogP contribution is 2.31. The van der Waals surface area contributed by atoms with E-state index in [1.807, 2.05) is 17.9 Å². The number of aromatic nitrogens is 1. The highest BCUT2D eigenvalue weighted by Gasteiger charge is 2.39. The highest BCUT2D eigenvalue weighted by molar-refractivity contribution is 9.10. The van der Waals surface area contributed by atoms with E-state index in [0.717, 1.165) is 30.3 Å². The molecule has 1 saturated heterocycles. The minimum atomic E-state index is 0.0555. The predicted octanol–water partition coefficient (Wildman–Crippen LogP) is 2.67. The fourth-order valence-corrected chi connectivity index (χ4v) is 3.57. The van der Waals surface area contributed by atoms with E-state index in [1.54, 1.807) is 6.20 Å². The van der Waals surface area contributed by atoms with Crippen LogP contribution in [0.15, 0.2) is 16.7 Å². The van der Waals surface area contributed by atoms with Crippen LogP contribution in [0.5, 0.6) is 0 Å². The van der Waals surface area contributed by atoms with Crippen molar-refractivity contribution >= 4 is 27.7 Å². The molecule has 1 aliphatic heterocycles. The average molecular weight is 354 g/mol. The lowest BCUT2D eigenvalue weighted by Gasteiger charge is -2.38. The zero-order valence-electron chi connectivity index (χ0n) is 12.1. The second-order valence-corrected chi connectivity index (χ2v) is 6.40. The number of halogens is 1. The Labute approximate surface area is 133 Å². The smallest absolute Gasteiger partial charge is 0.258 e. The molecule has 0 radical (unpaired) electrons. The number of carbonyl (C=O) groups excluding carboxylic acids is 1. The van der Waals surface area contributed by atoms with E-state index in [1.165, 1.54) is 0 Å². The molecule has 2 unspecified atom stereocenters. The minimum absolute atomic E-state index is 0.0555. The third kappa shape index (κ3) is 2.92. The molecule has 2 heterocycles. The summed E-state index contributed by atoms with van der Waals surface area (Å²) in [4.78, 5) is 19.3. The fourth-order valence-electron chi connectivity index (χ4n) is 3.24. The number of ether oxygens (including phenoxy) is 1. The highest BCUT2D eigenvalue weighted by atomic mass is 79.9. The van der Waals surface area contributed by atoms with Crippen LogP contribution in [-0.4, -0.2) is 47.6 Å². The third-order valence-corrected chi connectivity index (χ3v) is 4.61. The second-order valence-electron chi connectivity index (χ2n) is 5.49. The van der Waals surface area contributed by atoms with Crippen LogP contribution < -0.4 is 5.32 Å². The Morgan fingerprint density at radius 1 is 1.57 bits per heavy atom. The van der Waals surface area contributed by atoms with Crippen molar-refractivity contribution in [2.75, 3.05) is 25.0 Å². The maximum Gasteiger partial charge on any atom is 0.258 e. The van der Waals surface area contributed by atoms with Crippen LogP contribution >= 0.6 is 15.9 Å². The summed E-state index contributed by atoms with van der Waals surface area (Å²) in [5, 5.41) is 3.17. The SMILES string of the molecule is CCNc1ncc(Br)cc1C(=O)N1CCOC2CCCC21. The molecule has 2 fully saturated rings. The third-order valence-electron chi connectivity index (χ3n) is 4.17. The Kier molecular flexibility index (Phi) is 4.45. The number of nitrogens with one attached hydrogen (secondary N) is 1. The second kappa shape index (κ2) is 6.32. The number of nitrogens with zero attached hydrogens (tertiary/aromatic N) is 2. The Hall–Kier alpha value is -1.14. The van der Waals surface area contributed by atoms with Crippen molar-refractivity contribution in [2.24, 2.45) is 0 Å². The van der Waals surface area contributed by atoms with Gasteiger partial charge in [-0.05, 0) is 48.2 Å². The standard InChI is InChI=1S/C15H20BrN3O2/c1-2-17-14-11(8-10(16)9-18-14)15(20)19-6-7-21-13-5-3-4-12(13)19/h8-9,12-13H,2-7H2,1H3,(H,17,18). The molecular weight excluding hydrogens is 334 g/mol. The lowest BCUT2D eigenvalue weighted by Crippen LogP contribution is -2.51. The minimum Gasteiger partial charge on any atom is -0.374 e. The van der Waals surface area contributed by atoms with Gasteiger partial charge in [0.25, 0.3) is 5.91 Å². The van der Waals surface area contributed by atoms with E-state index in [4.69, 9.17) is 4.74 Å². The van der Waals surface area contributed by atoms with E-state index in [2.05, 4.69) is 26.2 Å². The van der Waals surface area contributed by atoms with Crippen LogP contribution in [0.25, 0.3) is 0 Å². The van der Waals surface area contributed by atoms with Gasteiger partial charge in [-0.1, -0.05) is 0 Å². The molecule has 0 aromatic carbocycles. The van der Waals surface area contributed by atoms with Crippen LogP contribution in [0.3, 0.4) is 0 Å². The summed E-state index contributed by atoms with van der Waals surface area (Å²) in [5.41, 5.74) is 0.638. The first-order valence-electron chi connectivity index (χ1n) is 7.52. The molecule has 1 amide bonds. The van der Waals surface area contributed by atoms with Crippen molar-refractivity contribution in [2.45, 2.75) is 38.3 Å². The van der Waals surface area contributed by atoms with Crippen LogP contribution in [0.2, 0.25) is 0 Å². The Bertz CT molecular complexity index is 538. The van der Waals surface area contributed by atoms with Crippen molar-refractivity contribution in [1.29, 1.82) is 0 Å². The van der Waals surface area contributed by atoms with Gasteiger partial charge in [-0.2, -0.15) is 0 Å². The zero-order chi connectivity index (χ0) is 14.8. The number of carbonyl (C=O) groups is 1. The maximum atomic E-state index is 13.0. The number of rotatable bonds is 3. The van der Waals surface area contributed by atoms with Crippen molar-refractivity contribution in [3.05, 3.63) is 22.3 Å². The summed E-state index contributed by atoms with van der Waals surface area (Å²) in [6.07, 6.45) is 5.16.